The maximum Gasteiger partial charge on any atom is 0.219 e. The molecule has 0 aliphatic rings. The Hall–Kier alpha value is -4.77. The van der Waals surface area contributed by atoms with Crippen LogP contribution in [0.4, 0.5) is 0 Å². The lowest BCUT2D eigenvalue weighted by Gasteiger charge is -2.25. The van der Waals surface area contributed by atoms with Crippen LogP contribution in [0.25, 0.3) is 11.1 Å². The summed E-state index contributed by atoms with van der Waals surface area (Å²) in [5.74, 6) is -5.00. The Bertz CT molecular complexity index is 1310. The lowest BCUT2D eigenvalue weighted by molar-refractivity contribution is -0.139. The van der Waals surface area contributed by atoms with Gasteiger partial charge in [-0.25, -0.2) is 0 Å². The van der Waals surface area contributed by atoms with Crippen molar-refractivity contribution in [1.29, 1.82) is 0 Å². The highest BCUT2D eigenvalue weighted by molar-refractivity contribution is 6.47. The smallest absolute Gasteiger partial charge is 0.219 e. The van der Waals surface area contributed by atoms with Crippen LogP contribution in [-0.2, 0) is 14.4 Å². The van der Waals surface area contributed by atoms with Crippen LogP contribution in [0.15, 0.2) is 117 Å². The van der Waals surface area contributed by atoms with E-state index in [9.17, 15) is 24.0 Å². The van der Waals surface area contributed by atoms with Gasteiger partial charge in [-0.2, -0.15) is 0 Å². The Morgan fingerprint density at radius 1 is 0.543 bits per heavy atom. The van der Waals surface area contributed by atoms with E-state index in [-0.39, 0.29) is 16.7 Å². The van der Waals surface area contributed by atoms with Crippen LogP contribution < -0.4 is 0 Å². The van der Waals surface area contributed by atoms with E-state index in [1.54, 1.807) is 30.3 Å². The quantitative estimate of drug-likeness (QED) is 0.227. The zero-order chi connectivity index (χ0) is 25.6. The van der Waals surface area contributed by atoms with Gasteiger partial charge in [0.1, 0.15) is 0 Å². The fourth-order valence-corrected chi connectivity index (χ4v) is 3.84. The lowest BCUT2D eigenvalue weighted by atomic mass is 9.69. The Balaban J connectivity index is 2.12. The van der Waals surface area contributed by atoms with Crippen LogP contribution in [0.5, 0.6) is 0 Å². The van der Waals surface area contributed by atoms with Gasteiger partial charge in [-0.05, 0) is 29.4 Å². The van der Waals surface area contributed by atoms with Crippen LogP contribution in [0.3, 0.4) is 0 Å². The molecule has 0 unspecified atom stereocenters. The van der Waals surface area contributed by atoms with E-state index in [0.29, 0.717) is 0 Å². The molecule has 0 N–H and O–H groups in total. The summed E-state index contributed by atoms with van der Waals surface area (Å²) in [6, 6.07) is 22.1. The molecule has 0 aliphatic heterocycles. The van der Waals surface area contributed by atoms with E-state index < -0.39 is 34.3 Å². The van der Waals surface area contributed by atoms with Crippen molar-refractivity contribution in [2.24, 2.45) is 5.41 Å². The van der Waals surface area contributed by atoms with E-state index >= 15 is 0 Å². The topological polar surface area (TPSA) is 85.3 Å². The van der Waals surface area contributed by atoms with Gasteiger partial charge < -0.3 is 0 Å². The van der Waals surface area contributed by atoms with Gasteiger partial charge in [-0.3, -0.25) is 24.0 Å². The third-order valence-corrected chi connectivity index (χ3v) is 5.68. The van der Waals surface area contributed by atoms with Gasteiger partial charge in [0, 0.05) is 16.7 Å². The minimum absolute atomic E-state index is 0.0556. The normalized spacial score (nSPS) is 10.6. The Labute approximate surface area is 203 Å². The number of Topliss-reactive ketones (excluding diaryl/α,β-unsaturated/α-hetero) is 1. The summed E-state index contributed by atoms with van der Waals surface area (Å²) < 4.78 is 0. The Morgan fingerprint density at radius 2 is 0.971 bits per heavy atom. The standard InChI is InChI=1S/C30H22O5/c1-4-25(31)30(26(32)5-2,27(33)6-3)29(35)24-15-11-10-14-23(24)28(34)22-18-16-21(17-19-22)20-12-8-7-9-13-20/h4-19H,1-3H2. The summed E-state index contributed by atoms with van der Waals surface area (Å²) in [7, 11) is 0. The van der Waals surface area contributed by atoms with Gasteiger partial charge >= 0.3 is 0 Å². The molecule has 3 rings (SSSR count). The SMILES string of the molecule is C=CC(=O)C(C(=O)C=C)(C(=O)C=C)C(=O)c1ccccc1C(=O)c1ccc(-c2ccccc2)cc1. The summed E-state index contributed by atoms with van der Waals surface area (Å²) in [5.41, 5.74) is -0.921. The minimum atomic E-state index is -2.78. The number of ketones is 5. The fraction of sp³-hybridized carbons (Fsp3) is 0.0333. The molecule has 0 heterocycles. The molecule has 5 nitrogen and oxygen atoms in total. The monoisotopic (exact) mass is 462 g/mol. The Kier molecular flexibility index (Phi) is 7.42. The molecule has 3 aromatic rings. The molecular formula is C30H22O5. The molecule has 0 spiro atoms. The zero-order valence-electron chi connectivity index (χ0n) is 18.9. The first-order chi connectivity index (χ1) is 16.8. The van der Waals surface area contributed by atoms with Crippen molar-refractivity contribution in [3.63, 3.8) is 0 Å². The molecule has 0 fully saturated rings. The van der Waals surface area contributed by atoms with Crippen molar-refractivity contribution >= 4 is 28.9 Å². The van der Waals surface area contributed by atoms with Crippen molar-refractivity contribution < 1.29 is 24.0 Å². The van der Waals surface area contributed by atoms with E-state index in [0.717, 1.165) is 29.4 Å². The summed E-state index contributed by atoms with van der Waals surface area (Å²) in [6.07, 6.45) is 2.19. The highest BCUT2D eigenvalue weighted by Crippen LogP contribution is 2.31. The zero-order valence-corrected chi connectivity index (χ0v) is 18.9. The van der Waals surface area contributed by atoms with E-state index in [1.807, 2.05) is 30.3 Å². The second-order valence-corrected chi connectivity index (χ2v) is 7.60. The van der Waals surface area contributed by atoms with Crippen molar-refractivity contribution in [1.82, 2.24) is 0 Å². The first kappa shape index (κ1) is 24.9. The average Bonchev–Trinajstić information content (AvgIpc) is 2.92. The van der Waals surface area contributed by atoms with Crippen LogP contribution in [0, 0.1) is 5.41 Å². The van der Waals surface area contributed by atoms with Crippen molar-refractivity contribution in [3.8, 4) is 11.1 Å². The molecule has 0 aromatic heterocycles. The van der Waals surface area contributed by atoms with Gasteiger partial charge in [0.15, 0.2) is 28.9 Å². The highest BCUT2D eigenvalue weighted by Gasteiger charge is 2.55. The van der Waals surface area contributed by atoms with E-state index in [4.69, 9.17) is 0 Å². The molecule has 0 bridgehead atoms. The van der Waals surface area contributed by atoms with Gasteiger partial charge in [-0.1, -0.05) is 98.6 Å². The number of hydrogen-bond acceptors (Lipinski definition) is 5. The summed E-state index contributed by atoms with van der Waals surface area (Å²) >= 11 is 0. The number of carbonyl (C=O) groups excluding carboxylic acids is 5. The highest BCUT2D eigenvalue weighted by atomic mass is 16.2. The molecule has 35 heavy (non-hydrogen) atoms. The van der Waals surface area contributed by atoms with Gasteiger partial charge in [0.25, 0.3) is 0 Å². The van der Waals surface area contributed by atoms with Crippen molar-refractivity contribution in [2.45, 2.75) is 0 Å². The predicted molar refractivity (Wildman–Crippen MR) is 134 cm³/mol. The Morgan fingerprint density at radius 3 is 1.46 bits per heavy atom. The molecule has 0 amide bonds. The number of hydrogen-bond donors (Lipinski definition) is 0. The average molecular weight is 463 g/mol. The molecule has 0 aliphatic carbocycles. The molecule has 172 valence electrons. The fourth-order valence-electron chi connectivity index (χ4n) is 3.84. The second-order valence-electron chi connectivity index (χ2n) is 7.60. The maximum atomic E-state index is 13.7. The summed E-state index contributed by atoms with van der Waals surface area (Å²) in [4.78, 5) is 65.5. The molecule has 0 radical (unpaired) electrons. The minimum Gasteiger partial charge on any atom is -0.293 e. The van der Waals surface area contributed by atoms with Crippen LogP contribution in [0.1, 0.15) is 26.3 Å². The number of allylic oxidation sites excluding steroid dienone is 3. The number of benzene rings is 3. The molecule has 0 atom stereocenters. The predicted octanol–water partition coefficient (Wildman–Crippen LogP) is 5.02. The van der Waals surface area contributed by atoms with Crippen LogP contribution >= 0.6 is 0 Å². The molecule has 5 heteroatoms. The molecule has 0 saturated carbocycles. The summed E-state index contributed by atoms with van der Waals surface area (Å²) in [6.45, 7) is 10.00. The van der Waals surface area contributed by atoms with Crippen LogP contribution in [0.2, 0.25) is 0 Å². The maximum absolute atomic E-state index is 13.7. The van der Waals surface area contributed by atoms with Gasteiger partial charge in [-0.15, -0.1) is 0 Å². The lowest BCUT2D eigenvalue weighted by Crippen LogP contribution is -2.51. The largest absolute Gasteiger partial charge is 0.293 e. The third kappa shape index (κ3) is 4.39. The number of carbonyl (C=O) groups is 5. The number of rotatable bonds is 11. The van der Waals surface area contributed by atoms with Crippen molar-refractivity contribution in [3.05, 3.63) is 134 Å². The first-order valence-electron chi connectivity index (χ1n) is 10.7. The van der Waals surface area contributed by atoms with Gasteiger partial charge in [0.2, 0.25) is 5.41 Å². The third-order valence-electron chi connectivity index (χ3n) is 5.68. The summed E-state index contributed by atoms with van der Waals surface area (Å²) in [5, 5.41) is 0. The first-order valence-corrected chi connectivity index (χ1v) is 10.7. The molecular weight excluding hydrogens is 440 g/mol. The second kappa shape index (κ2) is 10.4. The van der Waals surface area contributed by atoms with Gasteiger partial charge in [0.05, 0.1) is 0 Å². The van der Waals surface area contributed by atoms with Crippen molar-refractivity contribution in [2.75, 3.05) is 0 Å². The molecule has 0 saturated heterocycles. The van der Waals surface area contributed by atoms with E-state index in [1.165, 1.54) is 18.2 Å². The van der Waals surface area contributed by atoms with Crippen LogP contribution in [-0.4, -0.2) is 28.9 Å². The molecule has 3 aromatic carbocycles. The van der Waals surface area contributed by atoms with E-state index in [2.05, 4.69) is 19.7 Å².